The first-order chi connectivity index (χ1) is 6.36. The summed E-state index contributed by atoms with van der Waals surface area (Å²) in [7, 11) is 0. The standard InChI is InChI=1S/C11H14O3/c1-10(2)5-4-8(12)11(3)7(10)6-9(13)14-11/h4-5,7H,6H2,1-3H3. The summed E-state index contributed by atoms with van der Waals surface area (Å²) in [5, 5.41) is 0. The van der Waals surface area contributed by atoms with E-state index in [1.807, 2.05) is 19.9 Å². The minimum atomic E-state index is -0.921. The van der Waals surface area contributed by atoms with E-state index in [4.69, 9.17) is 4.74 Å². The SMILES string of the molecule is CC1(C)C=CC(=O)C2(C)OC(=O)CC12. The van der Waals surface area contributed by atoms with Crippen molar-refractivity contribution in [2.45, 2.75) is 32.8 Å². The zero-order chi connectivity index (χ0) is 10.6. The Balaban J connectivity index is 2.49. The van der Waals surface area contributed by atoms with Crippen LogP contribution in [-0.4, -0.2) is 17.4 Å². The maximum atomic E-state index is 11.7. The predicted octanol–water partition coefficient (Wildman–Crippen LogP) is 1.47. The van der Waals surface area contributed by atoms with Crippen LogP contribution < -0.4 is 0 Å². The van der Waals surface area contributed by atoms with Gasteiger partial charge in [0.2, 0.25) is 0 Å². The molecule has 0 amide bonds. The number of ketones is 1. The van der Waals surface area contributed by atoms with Crippen LogP contribution in [0, 0.1) is 11.3 Å². The van der Waals surface area contributed by atoms with E-state index in [1.54, 1.807) is 6.92 Å². The summed E-state index contributed by atoms with van der Waals surface area (Å²) >= 11 is 0. The van der Waals surface area contributed by atoms with E-state index in [9.17, 15) is 9.59 Å². The van der Waals surface area contributed by atoms with Crippen LogP contribution in [0.25, 0.3) is 0 Å². The van der Waals surface area contributed by atoms with Gasteiger partial charge in [-0.1, -0.05) is 19.9 Å². The zero-order valence-corrected chi connectivity index (χ0v) is 8.66. The summed E-state index contributed by atoms with van der Waals surface area (Å²) in [5.41, 5.74) is -1.07. The van der Waals surface area contributed by atoms with Crippen molar-refractivity contribution in [3.8, 4) is 0 Å². The highest BCUT2D eigenvalue weighted by atomic mass is 16.6. The summed E-state index contributed by atoms with van der Waals surface area (Å²) in [5.74, 6) is -0.379. The molecule has 0 saturated carbocycles. The second kappa shape index (κ2) is 2.47. The third-order valence-electron chi connectivity index (χ3n) is 3.41. The van der Waals surface area contributed by atoms with E-state index >= 15 is 0 Å². The van der Waals surface area contributed by atoms with Crippen LogP contribution in [0.1, 0.15) is 27.2 Å². The van der Waals surface area contributed by atoms with Crippen molar-refractivity contribution in [1.29, 1.82) is 0 Å². The molecule has 0 aromatic carbocycles. The molecule has 0 spiro atoms. The Morgan fingerprint density at radius 1 is 1.36 bits per heavy atom. The maximum absolute atomic E-state index is 11.7. The molecular formula is C11H14O3. The molecule has 2 atom stereocenters. The molecule has 0 N–H and O–H groups in total. The monoisotopic (exact) mass is 194 g/mol. The van der Waals surface area contributed by atoms with Crippen molar-refractivity contribution in [1.82, 2.24) is 0 Å². The molecule has 1 saturated heterocycles. The molecule has 1 aliphatic heterocycles. The lowest BCUT2D eigenvalue weighted by molar-refractivity contribution is -0.157. The Bertz CT molecular complexity index is 340. The Hall–Kier alpha value is -1.12. The molecule has 3 nitrogen and oxygen atoms in total. The molecule has 2 unspecified atom stereocenters. The number of rotatable bonds is 0. The number of hydrogen-bond acceptors (Lipinski definition) is 3. The fraction of sp³-hybridized carbons (Fsp3) is 0.636. The molecule has 2 aliphatic rings. The summed E-state index contributed by atoms with van der Waals surface area (Å²) in [6.45, 7) is 5.78. The minimum absolute atomic E-state index is 0.0278. The molecule has 0 bridgehead atoms. The van der Waals surface area contributed by atoms with Gasteiger partial charge in [-0.3, -0.25) is 9.59 Å². The number of ether oxygens (including phenoxy) is 1. The first-order valence-corrected chi connectivity index (χ1v) is 4.82. The van der Waals surface area contributed by atoms with Gasteiger partial charge < -0.3 is 4.74 Å². The molecule has 1 aliphatic carbocycles. The van der Waals surface area contributed by atoms with Gasteiger partial charge in [0.25, 0.3) is 0 Å². The van der Waals surface area contributed by atoms with Gasteiger partial charge in [-0.15, -0.1) is 0 Å². The molecule has 1 fully saturated rings. The van der Waals surface area contributed by atoms with Crippen LogP contribution in [-0.2, 0) is 14.3 Å². The third-order valence-corrected chi connectivity index (χ3v) is 3.41. The molecule has 3 heteroatoms. The van der Waals surface area contributed by atoms with Crippen LogP contribution in [0.5, 0.6) is 0 Å². The quantitative estimate of drug-likeness (QED) is 0.548. The maximum Gasteiger partial charge on any atom is 0.307 e. The molecule has 1 heterocycles. The molecule has 2 rings (SSSR count). The van der Waals surface area contributed by atoms with Gasteiger partial charge in [0.1, 0.15) is 0 Å². The van der Waals surface area contributed by atoms with Crippen LogP contribution in [0.15, 0.2) is 12.2 Å². The van der Waals surface area contributed by atoms with Gasteiger partial charge in [0, 0.05) is 5.92 Å². The van der Waals surface area contributed by atoms with Crippen molar-refractivity contribution < 1.29 is 14.3 Å². The Morgan fingerprint density at radius 2 is 2.00 bits per heavy atom. The number of esters is 1. The largest absolute Gasteiger partial charge is 0.451 e. The fourth-order valence-corrected chi connectivity index (χ4v) is 2.48. The Morgan fingerprint density at radius 3 is 2.57 bits per heavy atom. The minimum Gasteiger partial charge on any atom is -0.451 e. The Kier molecular flexibility index (Phi) is 1.66. The highest BCUT2D eigenvalue weighted by Gasteiger charge is 2.57. The lowest BCUT2D eigenvalue weighted by Gasteiger charge is -2.39. The van der Waals surface area contributed by atoms with Gasteiger partial charge in [-0.05, 0) is 18.4 Å². The van der Waals surface area contributed by atoms with Gasteiger partial charge in [0.15, 0.2) is 11.4 Å². The van der Waals surface area contributed by atoms with E-state index in [0.717, 1.165) is 0 Å². The van der Waals surface area contributed by atoms with Crippen molar-refractivity contribution >= 4 is 11.8 Å². The van der Waals surface area contributed by atoms with Crippen molar-refractivity contribution in [3.63, 3.8) is 0 Å². The molecule has 0 aromatic heterocycles. The van der Waals surface area contributed by atoms with Gasteiger partial charge in [0.05, 0.1) is 6.42 Å². The van der Waals surface area contributed by atoms with E-state index in [-0.39, 0.29) is 23.1 Å². The van der Waals surface area contributed by atoms with Gasteiger partial charge >= 0.3 is 5.97 Å². The number of allylic oxidation sites excluding steroid dienone is 1. The van der Waals surface area contributed by atoms with Gasteiger partial charge in [-0.25, -0.2) is 0 Å². The number of carbonyl (C=O) groups excluding carboxylic acids is 2. The number of fused-ring (bicyclic) bond motifs is 1. The number of carbonyl (C=O) groups is 2. The molecule has 0 radical (unpaired) electrons. The molecule has 14 heavy (non-hydrogen) atoms. The van der Waals surface area contributed by atoms with E-state index in [1.165, 1.54) is 6.08 Å². The molecule has 0 aromatic rings. The summed E-state index contributed by atoms with van der Waals surface area (Å²) in [6.07, 6.45) is 3.76. The normalized spacial score (nSPS) is 39.5. The average molecular weight is 194 g/mol. The second-order valence-electron chi connectivity index (χ2n) is 4.86. The molecule has 76 valence electrons. The average Bonchev–Trinajstić information content (AvgIpc) is 2.38. The summed E-state index contributed by atoms with van der Waals surface area (Å²) in [6, 6.07) is 0. The first-order valence-electron chi connectivity index (χ1n) is 4.82. The van der Waals surface area contributed by atoms with Crippen LogP contribution in [0.4, 0.5) is 0 Å². The van der Waals surface area contributed by atoms with Gasteiger partial charge in [-0.2, -0.15) is 0 Å². The lowest BCUT2D eigenvalue weighted by Crippen LogP contribution is -2.48. The first kappa shape index (κ1) is 9.44. The van der Waals surface area contributed by atoms with Crippen molar-refractivity contribution in [2.24, 2.45) is 11.3 Å². The van der Waals surface area contributed by atoms with E-state index in [2.05, 4.69) is 0 Å². The van der Waals surface area contributed by atoms with Crippen LogP contribution >= 0.6 is 0 Å². The van der Waals surface area contributed by atoms with E-state index in [0.29, 0.717) is 6.42 Å². The third kappa shape index (κ3) is 1.04. The van der Waals surface area contributed by atoms with Crippen molar-refractivity contribution in [2.75, 3.05) is 0 Å². The van der Waals surface area contributed by atoms with Crippen LogP contribution in [0.3, 0.4) is 0 Å². The summed E-state index contributed by atoms with van der Waals surface area (Å²) < 4.78 is 5.16. The highest BCUT2D eigenvalue weighted by molar-refractivity contribution is 6.01. The smallest absolute Gasteiger partial charge is 0.307 e. The predicted molar refractivity (Wildman–Crippen MR) is 50.5 cm³/mol. The van der Waals surface area contributed by atoms with Crippen molar-refractivity contribution in [3.05, 3.63) is 12.2 Å². The summed E-state index contributed by atoms with van der Waals surface area (Å²) in [4.78, 5) is 22.9. The second-order valence-corrected chi connectivity index (χ2v) is 4.86. The number of hydrogen-bond donors (Lipinski definition) is 0. The zero-order valence-electron chi connectivity index (χ0n) is 8.66. The Labute approximate surface area is 83.1 Å². The fourth-order valence-electron chi connectivity index (χ4n) is 2.48. The van der Waals surface area contributed by atoms with E-state index < -0.39 is 5.60 Å². The molecular weight excluding hydrogens is 180 g/mol. The topological polar surface area (TPSA) is 43.4 Å². The van der Waals surface area contributed by atoms with Crippen LogP contribution in [0.2, 0.25) is 0 Å². The highest BCUT2D eigenvalue weighted by Crippen LogP contribution is 2.48. The lowest BCUT2D eigenvalue weighted by atomic mass is 9.65.